The molecule has 0 radical (unpaired) electrons. The number of hydrogen-bond donors (Lipinski definition) is 2. The zero-order valence-electron chi connectivity index (χ0n) is 9.77. The van der Waals surface area contributed by atoms with Crippen LogP contribution in [0.1, 0.15) is 19.4 Å². The minimum absolute atomic E-state index is 0. The van der Waals surface area contributed by atoms with Gasteiger partial charge in [0.2, 0.25) is 0 Å². The van der Waals surface area contributed by atoms with E-state index in [1.807, 2.05) is 24.3 Å². The predicted octanol–water partition coefficient (Wildman–Crippen LogP) is 1.98. The summed E-state index contributed by atoms with van der Waals surface area (Å²) in [5.74, 6) is 0.803. The molecule has 0 aromatic heterocycles. The van der Waals surface area contributed by atoms with E-state index in [2.05, 4.69) is 19.2 Å². The summed E-state index contributed by atoms with van der Waals surface area (Å²) in [4.78, 5) is 0. The fraction of sp³-hybridized carbons (Fsp3) is 0.500. The number of hydrogen-bond acceptors (Lipinski definition) is 3. The molecule has 2 N–H and O–H groups in total. The molecule has 0 amide bonds. The molecule has 16 heavy (non-hydrogen) atoms. The van der Waals surface area contributed by atoms with Gasteiger partial charge in [0, 0.05) is 12.6 Å². The minimum Gasteiger partial charge on any atom is -0.491 e. The lowest BCUT2D eigenvalue weighted by Crippen LogP contribution is -2.21. The first-order valence-electron chi connectivity index (χ1n) is 5.28. The summed E-state index contributed by atoms with van der Waals surface area (Å²) in [6, 6.07) is 8.40. The van der Waals surface area contributed by atoms with E-state index in [1.54, 1.807) is 0 Å². The molecule has 0 fully saturated rings. The zero-order valence-corrected chi connectivity index (χ0v) is 10.6. The Hall–Kier alpha value is -0.770. The molecule has 0 unspecified atom stereocenters. The van der Waals surface area contributed by atoms with Crippen molar-refractivity contribution in [2.75, 3.05) is 13.2 Å². The summed E-state index contributed by atoms with van der Waals surface area (Å²) in [5, 5.41) is 11.9. The van der Waals surface area contributed by atoms with Crippen molar-refractivity contribution < 1.29 is 9.84 Å². The summed E-state index contributed by atoms with van der Waals surface area (Å²) < 4.78 is 5.27. The van der Waals surface area contributed by atoms with Gasteiger partial charge in [-0.3, -0.25) is 0 Å². The molecule has 1 aromatic rings. The van der Waals surface area contributed by atoms with Crippen molar-refractivity contribution in [1.82, 2.24) is 5.32 Å². The monoisotopic (exact) mass is 245 g/mol. The van der Waals surface area contributed by atoms with E-state index in [4.69, 9.17) is 9.84 Å². The summed E-state index contributed by atoms with van der Waals surface area (Å²) in [7, 11) is 0. The highest BCUT2D eigenvalue weighted by atomic mass is 35.5. The van der Waals surface area contributed by atoms with Crippen LogP contribution in [-0.2, 0) is 6.54 Å². The molecule has 0 atom stereocenters. The number of halogens is 1. The average Bonchev–Trinajstić information content (AvgIpc) is 2.25. The van der Waals surface area contributed by atoms with Crippen LogP contribution >= 0.6 is 12.4 Å². The van der Waals surface area contributed by atoms with Crippen molar-refractivity contribution in [1.29, 1.82) is 0 Å². The number of ether oxygens (including phenoxy) is 1. The molecule has 1 rings (SSSR count). The molecule has 0 saturated heterocycles. The molecule has 3 nitrogen and oxygen atoms in total. The van der Waals surface area contributed by atoms with Gasteiger partial charge in [0.15, 0.2) is 0 Å². The van der Waals surface area contributed by atoms with Crippen LogP contribution in [0.25, 0.3) is 0 Å². The Bertz CT molecular complexity index is 275. The molecular weight excluding hydrogens is 226 g/mol. The van der Waals surface area contributed by atoms with Crippen molar-refractivity contribution in [3.05, 3.63) is 29.8 Å². The molecule has 92 valence electrons. The van der Waals surface area contributed by atoms with Gasteiger partial charge in [0.25, 0.3) is 0 Å². The molecule has 0 aliphatic rings. The highest BCUT2D eigenvalue weighted by Crippen LogP contribution is 2.11. The van der Waals surface area contributed by atoms with Crippen LogP contribution in [0, 0.1) is 0 Å². The Labute approximate surface area is 103 Å². The van der Waals surface area contributed by atoms with Crippen molar-refractivity contribution in [3.63, 3.8) is 0 Å². The Morgan fingerprint density at radius 1 is 1.25 bits per heavy atom. The van der Waals surface area contributed by atoms with Gasteiger partial charge in [-0.15, -0.1) is 12.4 Å². The minimum atomic E-state index is 0. The van der Waals surface area contributed by atoms with Gasteiger partial charge in [0.1, 0.15) is 12.4 Å². The fourth-order valence-corrected chi connectivity index (χ4v) is 1.19. The van der Waals surface area contributed by atoms with Gasteiger partial charge in [0.05, 0.1) is 6.61 Å². The van der Waals surface area contributed by atoms with Gasteiger partial charge < -0.3 is 15.2 Å². The zero-order chi connectivity index (χ0) is 11.1. The number of nitrogens with one attached hydrogen (secondary N) is 1. The van der Waals surface area contributed by atoms with Crippen LogP contribution in [0.5, 0.6) is 5.75 Å². The lowest BCUT2D eigenvalue weighted by atomic mass is 10.2. The summed E-state index contributed by atoms with van der Waals surface area (Å²) in [6.07, 6.45) is 0. The lowest BCUT2D eigenvalue weighted by molar-refractivity contribution is 0.201. The molecular formula is C12H20ClNO2. The van der Waals surface area contributed by atoms with E-state index in [0.29, 0.717) is 12.6 Å². The second-order valence-corrected chi connectivity index (χ2v) is 3.75. The maximum Gasteiger partial charge on any atom is 0.119 e. The molecule has 0 bridgehead atoms. The average molecular weight is 246 g/mol. The third-order valence-electron chi connectivity index (χ3n) is 2.00. The normalized spacial score (nSPS) is 10.0. The number of aliphatic hydroxyl groups excluding tert-OH is 1. The van der Waals surface area contributed by atoms with Gasteiger partial charge in [-0.2, -0.15) is 0 Å². The van der Waals surface area contributed by atoms with E-state index in [0.717, 1.165) is 12.3 Å². The number of rotatable bonds is 6. The second-order valence-electron chi connectivity index (χ2n) is 3.75. The third kappa shape index (κ3) is 5.95. The highest BCUT2D eigenvalue weighted by Gasteiger charge is 1.96. The van der Waals surface area contributed by atoms with E-state index in [-0.39, 0.29) is 19.0 Å². The first kappa shape index (κ1) is 15.2. The first-order valence-corrected chi connectivity index (χ1v) is 5.28. The molecule has 1 aromatic carbocycles. The topological polar surface area (TPSA) is 41.5 Å². The SMILES string of the molecule is CC(C)NCc1ccc(OCCO)cc1.Cl. The van der Waals surface area contributed by atoms with Crippen molar-refractivity contribution in [3.8, 4) is 5.75 Å². The van der Waals surface area contributed by atoms with Crippen LogP contribution in [0.4, 0.5) is 0 Å². The summed E-state index contributed by atoms with van der Waals surface area (Å²) in [5.41, 5.74) is 1.24. The van der Waals surface area contributed by atoms with Gasteiger partial charge >= 0.3 is 0 Å². The van der Waals surface area contributed by atoms with Crippen molar-refractivity contribution in [2.24, 2.45) is 0 Å². The van der Waals surface area contributed by atoms with Gasteiger partial charge in [-0.05, 0) is 17.7 Å². The maximum absolute atomic E-state index is 8.59. The second kappa shape index (κ2) is 8.39. The maximum atomic E-state index is 8.59. The molecule has 0 aliphatic heterocycles. The predicted molar refractivity (Wildman–Crippen MR) is 68.2 cm³/mol. The Balaban J connectivity index is 0.00000225. The third-order valence-corrected chi connectivity index (χ3v) is 2.00. The Kier molecular flexibility index (Phi) is 7.99. The van der Waals surface area contributed by atoms with E-state index < -0.39 is 0 Å². The van der Waals surface area contributed by atoms with E-state index in [9.17, 15) is 0 Å². The smallest absolute Gasteiger partial charge is 0.119 e. The first-order chi connectivity index (χ1) is 7.22. The lowest BCUT2D eigenvalue weighted by Gasteiger charge is -2.09. The van der Waals surface area contributed by atoms with Gasteiger partial charge in [-0.25, -0.2) is 0 Å². The number of aliphatic hydroxyl groups is 1. The molecule has 4 heteroatoms. The van der Waals surface area contributed by atoms with Crippen molar-refractivity contribution >= 4 is 12.4 Å². The quantitative estimate of drug-likeness (QED) is 0.805. The number of benzene rings is 1. The molecule has 0 heterocycles. The van der Waals surface area contributed by atoms with Crippen LogP contribution in [0.3, 0.4) is 0 Å². The Morgan fingerprint density at radius 3 is 2.38 bits per heavy atom. The van der Waals surface area contributed by atoms with Gasteiger partial charge in [-0.1, -0.05) is 26.0 Å². The molecule has 0 aliphatic carbocycles. The van der Waals surface area contributed by atoms with Crippen LogP contribution in [-0.4, -0.2) is 24.4 Å². The highest BCUT2D eigenvalue weighted by molar-refractivity contribution is 5.85. The fourth-order valence-electron chi connectivity index (χ4n) is 1.19. The van der Waals surface area contributed by atoms with E-state index >= 15 is 0 Å². The van der Waals surface area contributed by atoms with Crippen molar-refractivity contribution in [2.45, 2.75) is 26.4 Å². The van der Waals surface area contributed by atoms with E-state index in [1.165, 1.54) is 5.56 Å². The standard InChI is InChI=1S/C12H19NO2.ClH/c1-10(2)13-9-11-3-5-12(6-4-11)15-8-7-14;/h3-6,10,13-14H,7-9H2,1-2H3;1H. The van der Waals surface area contributed by atoms with Crippen LogP contribution < -0.4 is 10.1 Å². The van der Waals surface area contributed by atoms with Crippen LogP contribution in [0.15, 0.2) is 24.3 Å². The largest absolute Gasteiger partial charge is 0.491 e. The summed E-state index contributed by atoms with van der Waals surface area (Å²) >= 11 is 0. The molecule has 0 saturated carbocycles. The summed E-state index contributed by atoms with van der Waals surface area (Å²) in [6.45, 7) is 5.52. The van der Waals surface area contributed by atoms with Crippen LogP contribution in [0.2, 0.25) is 0 Å². The Morgan fingerprint density at radius 2 is 1.88 bits per heavy atom. The molecule has 0 spiro atoms.